The number of allylic oxidation sites excluding steroid dienone is 1. The van der Waals surface area contributed by atoms with Crippen molar-refractivity contribution in [2.45, 2.75) is 9.79 Å². The number of amides is 2. The van der Waals surface area contributed by atoms with E-state index in [1.807, 2.05) is 0 Å². The highest BCUT2D eigenvalue weighted by molar-refractivity contribution is 7.91. The summed E-state index contributed by atoms with van der Waals surface area (Å²) in [5, 5.41) is 10.1. The van der Waals surface area contributed by atoms with Gasteiger partial charge >= 0.3 is 0 Å². The fourth-order valence-electron chi connectivity index (χ4n) is 5.26. The van der Waals surface area contributed by atoms with Crippen LogP contribution in [0.4, 0.5) is 17.1 Å². The summed E-state index contributed by atoms with van der Waals surface area (Å²) in [5.74, 6) is -2.46. The minimum Gasteiger partial charge on any atom is -0.322 e. The van der Waals surface area contributed by atoms with E-state index in [1.165, 1.54) is 60.7 Å². The Morgan fingerprint density at radius 2 is 1.17 bits per heavy atom. The van der Waals surface area contributed by atoms with Gasteiger partial charge in [-0.1, -0.05) is 30.3 Å². The highest BCUT2D eigenvalue weighted by Crippen LogP contribution is 2.34. The van der Waals surface area contributed by atoms with Gasteiger partial charge in [-0.15, -0.1) is 0 Å². The van der Waals surface area contributed by atoms with Crippen molar-refractivity contribution in [1.29, 1.82) is 0 Å². The predicted molar refractivity (Wildman–Crippen MR) is 194 cm³/mol. The molecule has 270 valence electrons. The molecule has 0 heterocycles. The summed E-state index contributed by atoms with van der Waals surface area (Å²) in [5.41, 5.74) is 1.30. The number of rotatable bonds is 9. The fraction of sp³-hybridized carbons (Fsp3) is 0. The van der Waals surface area contributed by atoms with Crippen molar-refractivity contribution in [3.63, 3.8) is 0 Å². The zero-order valence-corrected chi connectivity index (χ0v) is 29.0. The van der Waals surface area contributed by atoms with Crippen LogP contribution in [0.2, 0.25) is 0 Å². The van der Waals surface area contributed by atoms with Gasteiger partial charge in [0.2, 0.25) is 5.78 Å². The molecule has 0 aromatic heterocycles. The lowest BCUT2D eigenvalue weighted by atomic mass is 9.92. The first-order valence-corrected chi connectivity index (χ1v) is 19.2. The lowest BCUT2D eigenvalue weighted by Crippen LogP contribution is -2.29. The lowest BCUT2D eigenvalue weighted by Gasteiger charge is -2.20. The summed E-state index contributed by atoms with van der Waals surface area (Å²) in [6.07, 6.45) is 0.757. The fourth-order valence-corrected chi connectivity index (χ4v) is 6.98. The molecule has 0 unspecified atom stereocenters. The Morgan fingerprint density at radius 1 is 0.585 bits per heavy atom. The second-order valence-corrected chi connectivity index (χ2v) is 15.6. The number of nitrogens with zero attached hydrogens (tertiary/aromatic N) is 1. The van der Waals surface area contributed by atoms with Crippen molar-refractivity contribution < 1.29 is 53.3 Å². The number of fused-ring (bicyclic) bond motifs is 2. The third-order valence-corrected chi connectivity index (χ3v) is 10.3. The molecule has 0 saturated carbocycles. The van der Waals surface area contributed by atoms with E-state index in [9.17, 15) is 53.3 Å². The molecule has 0 spiro atoms. The van der Waals surface area contributed by atoms with Crippen LogP contribution in [-0.2, 0) is 30.4 Å². The zero-order chi connectivity index (χ0) is 38.3. The first kappa shape index (κ1) is 36.7. The maximum atomic E-state index is 13.8. The Balaban J connectivity index is 1.27. The minimum atomic E-state index is -5.17. The van der Waals surface area contributed by atoms with Gasteiger partial charge in [0.15, 0.2) is 5.71 Å². The Hall–Kier alpha value is -6.09. The summed E-state index contributed by atoms with van der Waals surface area (Å²) in [7, 11) is -14.5. The predicted octanol–water partition coefficient (Wildman–Crippen LogP) is 4.73. The van der Waals surface area contributed by atoms with Crippen molar-refractivity contribution in [2.24, 2.45) is 5.10 Å². The molecule has 16 nitrogen and oxygen atoms in total. The van der Waals surface area contributed by atoms with E-state index in [0.29, 0.717) is 16.5 Å². The van der Waals surface area contributed by atoms with Crippen molar-refractivity contribution >= 4 is 87.6 Å². The van der Waals surface area contributed by atoms with Gasteiger partial charge in [0.1, 0.15) is 4.91 Å². The van der Waals surface area contributed by atoms with Crippen LogP contribution < -0.4 is 16.1 Å². The van der Waals surface area contributed by atoms with E-state index < -0.39 is 74.7 Å². The van der Waals surface area contributed by atoms with Crippen LogP contribution in [0.25, 0.3) is 16.8 Å². The van der Waals surface area contributed by atoms with Gasteiger partial charge in [0.05, 0.1) is 26.7 Å². The molecule has 0 atom stereocenters. The molecule has 0 aliphatic heterocycles. The number of carbonyl (C=O) groups excluding carboxylic acids is 3. The maximum absolute atomic E-state index is 13.8. The summed E-state index contributed by atoms with van der Waals surface area (Å²) in [6.45, 7) is 0. The molecule has 0 fully saturated rings. The number of benzene rings is 5. The van der Waals surface area contributed by atoms with Gasteiger partial charge in [-0.05, 0) is 95.2 Å². The number of hydrazone groups is 1. The Kier molecular flexibility index (Phi) is 9.55. The van der Waals surface area contributed by atoms with Gasteiger partial charge in [-0.3, -0.25) is 33.5 Å². The van der Waals surface area contributed by atoms with Crippen LogP contribution in [0, 0.1) is 0 Å². The maximum Gasteiger partial charge on any atom is 0.296 e. The van der Waals surface area contributed by atoms with E-state index in [0.717, 1.165) is 18.2 Å². The number of carbonyl (C=O) groups is 3. The van der Waals surface area contributed by atoms with Crippen molar-refractivity contribution in [2.75, 3.05) is 16.1 Å². The van der Waals surface area contributed by atoms with Gasteiger partial charge in [0, 0.05) is 16.8 Å². The smallest absolute Gasteiger partial charge is 0.296 e. The Morgan fingerprint density at radius 3 is 1.81 bits per heavy atom. The average Bonchev–Trinajstić information content (AvgIpc) is 3.10. The van der Waals surface area contributed by atoms with Gasteiger partial charge < -0.3 is 10.6 Å². The third kappa shape index (κ3) is 8.04. The standard InChI is InChI=1S/C34H24N4O12S3/c39-32-30-23(16-27(52(45,46)47)18-28(30)36-34(41)19-4-2-1-3-5-19)17-29(53(48,49)50)31(32)38-37-24-10-6-20(7-11-24)33(40)35-25-12-8-22-15-26(51(42,43)44)13-9-21(22)14-25/h1-18,37H,(H,35,40)(H,36,41)(H,42,43,44)(H,45,46,47)(H,48,49,50)/b38-31-. The SMILES string of the molecule is O=C(Nc1ccc2cc(S(=O)(=O)O)ccc2c1)c1ccc(N/N=C2\C(=O)c3c(cc(S(=O)(=O)O)cc3NC(=O)c3ccccc3)C=C2S(=O)(=O)O)cc1. The van der Waals surface area contributed by atoms with Crippen LogP contribution >= 0.6 is 0 Å². The third-order valence-electron chi connectivity index (χ3n) is 7.78. The monoisotopic (exact) mass is 776 g/mol. The average molecular weight is 777 g/mol. The summed E-state index contributed by atoms with van der Waals surface area (Å²) in [4.78, 5) is 37.7. The number of anilines is 3. The minimum absolute atomic E-state index is 0.123. The van der Waals surface area contributed by atoms with Gasteiger partial charge in [-0.25, -0.2) is 0 Å². The normalized spacial score (nSPS) is 14.0. The highest BCUT2D eigenvalue weighted by atomic mass is 32.2. The number of nitrogens with one attached hydrogen (secondary N) is 3. The molecule has 1 aliphatic carbocycles. The molecule has 6 rings (SSSR count). The molecular formula is C34H24N4O12S3. The van der Waals surface area contributed by atoms with E-state index in [2.05, 4.69) is 21.2 Å². The number of hydrogen-bond donors (Lipinski definition) is 6. The lowest BCUT2D eigenvalue weighted by molar-refractivity contribution is 0.101. The molecule has 19 heteroatoms. The van der Waals surface area contributed by atoms with Crippen molar-refractivity contribution in [1.82, 2.24) is 0 Å². The summed E-state index contributed by atoms with van der Waals surface area (Å²) >= 11 is 0. The second kappa shape index (κ2) is 13.8. The second-order valence-electron chi connectivity index (χ2n) is 11.3. The molecule has 0 saturated heterocycles. The molecule has 5 aromatic carbocycles. The molecule has 6 N–H and O–H groups in total. The number of Topliss-reactive ketones (excluding diaryl/α,β-unsaturated/α-hetero) is 1. The molecule has 5 aromatic rings. The molecule has 53 heavy (non-hydrogen) atoms. The van der Waals surface area contributed by atoms with Crippen LogP contribution in [0.3, 0.4) is 0 Å². The molecule has 0 bridgehead atoms. The van der Waals surface area contributed by atoms with Crippen molar-refractivity contribution in [3.05, 3.63) is 130 Å². The van der Waals surface area contributed by atoms with Gasteiger partial charge in [0.25, 0.3) is 42.2 Å². The molecular weight excluding hydrogens is 753 g/mol. The molecule has 0 radical (unpaired) electrons. The Bertz CT molecular complexity index is 2770. The van der Waals surface area contributed by atoms with E-state index in [-0.39, 0.29) is 27.3 Å². The van der Waals surface area contributed by atoms with Crippen molar-refractivity contribution in [3.8, 4) is 0 Å². The largest absolute Gasteiger partial charge is 0.322 e. The van der Waals surface area contributed by atoms with E-state index >= 15 is 0 Å². The first-order chi connectivity index (χ1) is 24.9. The van der Waals surface area contributed by atoms with Crippen LogP contribution in [0.5, 0.6) is 0 Å². The number of ketones is 1. The van der Waals surface area contributed by atoms with Gasteiger partial charge in [-0.2, -0.15) is 30.4 Å². The van der Waals surface area contributed by atoms with Crippen LogP contribution in [0.15, 0.2) is 123 Å². The van der Waals surface area contributed by atoms with Crippen LogP contribution in [-0.4, -0.2) is 62.2 Å². The first-order valence-electron chi connectivity index (χ1n) is 14.9. The van der Waals surface area contributed by atoms with E-state index in [1.54, 1.807) is 30.3 Å². The highest BCUT2D eigenvalue weighted by Gasteiger charge is 2.36. The zero-order valence-electron chi connectivity index (χ0n) is 26.6. The number of hydrogen-bond acceptors (Lipinski definition) is 11. The molecule has 2 amide bonds. The quantitative estimate of drug-likeness (QED) is 0.0875. The Labute approximate surface area is 301 Å². The topological polar surface area (TPSA) is 263 Å². The molecule has 1 aliphatic rings. The van der Waals surface area contributed by atoms with Crippen LogP contribution in [0.1, 0.15) is 36.6 Å². The summed E-state index contributed by atoms with van der Waals surface area (Å²) < 4.78 is 101. The van der Waals surface area contributed by atoms with E-state index in [4.69, 9.17) is 0 Å². The summed E-state index contributed by atoms with van der Waals surface area (Å²) in [6, 6.07) is 23.4.